The van der Waals surface area contributed by atoms with Crippen LogP contribution in [0.25, 0.3) is 0 Å². The summed E-state index contributed by atoms with van der Waals surface area (Å²) < 4.78 is 5.28. The van der Waals surface area contributed by atoms with Gasteiger partial charge in [0.2, 0.25) is 0 Å². The van der Waals surface area contributed by atoms with E-state index in [-0.39, 0.29) is 0 Å². The van der Waals surface area contributed by atoms with Crippen molar-refractivity contribution < 1.29 is 4.74 Å². The minimum Gasteiger partial charge on any atom is -0.501 e. The van der Waals surface area contributed by atoms with Crippen molar-refractivity contribution in [3.63, 3.8) is 0 Å². The molecule has 1 heterocycles. The lowest BCUT2D eigenvalue weighted by Crippen LogP contribution is -2.35. The Labute approximate surface area is 91.0 Å². The largest absolute Gasteiger partial charge is 0.501 e. The Morgan fingerprint density at radius 3 is 2.87 bits per heavy atom. The first kappa shape index (κ1) is 10.2. The first-order valence-electron chi connectivity index (χ1n) is 5.39. The highest BCUT2D eigenvalue weighted by Gasteiger charge is 2.15. The van der Waals surface area contributed by atoms with E-state index in [1.54, 1.807) is 7.11 Å². The molecule has 1 unspecified atom stereocenters. The molecule has 0 aromatic heterocycles. The number of rotatable bonds is 3. The van der Waals surface area contributed by atoms with Gasteiger partial charge in [-0.05, 0) is 18.1 Å². The second kappa shape index (κ2) is 4.99. The van der Waals surface area contributed by atoms with Gasteiger partial charge in [-0.1, -0.05) is 30.3 Å². The van der Waals surface area contributed by atoms with Crippen molar-refractivity contribution in [2.75, 3.05) is 13.7 Å². The molecule has 2 rings (SSSR count). The molecule has 0 bridgehead atoms. The standard InChI is InChI=1S/C13H17NO/c1-15-13-7-8-14-12(10-13)9-11-5-3-2-4-6-11/h2-7,12,14H,8-10H2,1H3. The molecule has 1 aromatic carbocycles. The zero-order valence-corrected chi connectivity index (χ0v) is 9.07. The fourth-order valence-corrected chi connectivity index (χ4v) is 1.95. The maximum Gasteiger partial charge on any atom is 0.0944 e. The summed E-state index contributed by atoms with van der Waals surface area (Å²) in [7, 11) is 1.75. The lowest BCUT2D eigenvalue weighted by molar-refractivity contribution is 0.254. The highest BCUT2D eigenvalue weighted by Crippen LogP contribution is 2.14. The molecule has 2 nitrogen and oxygen atoms in total. The van der Waals surface area contributed by atoms with Crippen molar-refractivity contribution in [2.24, 2.45) is 0 Å². The summed E-state index contributed by atoms with van der Waals surface area (Å²) in [5.41, 5.74) is 1.38. The third kappa shape index (κ3) is 2.83. The molecule has 0 amide bonds. The summed E-state index contributed by atoms with van der Waals surface area (Å²) in [6.45, 7) is 0.917. The van der Waals surface area contributed by atoms with E-state index in [9.17, 15) is 0 Å². The van der Waals surface area contributed by atoms with Crippen LogP contribution >= 0.6 is 0 Å². The SMILES string of the molecule is COC1=CCNC(Cc2ccccc2)C1. The Morgan fingerprint density at radius 1 is 1.33 bits per heavy atom. The van der Waals surface area contributed by atoms with Crippen molar-refractivity contribution in [2.45, 2.75) is 18.9 Å². The molecule has 0 aliphatic carbocycles. The van der Waals surface area contributed by atoms with E-state index in [1.807, 2.05) is 0 Å². The van der Waals surface area contributed by atoms with Gasteiger partial charge in [0.05, 0.1) is 12.9 Å². The van der Waals surface area contributed by atoms with Crippen LogP contribution in [0.4, 0.5) is 0 Å². The van der Waals surface area contributed by atoms with E-state index >= 15 is 0 Å². The molecule has 1 atom stereocenters. The van der Waals surface area contributed by atoms with Gasteiger partial charge >= 0.3 is 0 Å². The van der Waals surface area contributed by atoms with Gasteiger partial charge in [-0.15, -0.1) is 0 Å². The van der Waals surface area contributed by atoms with Crippen LogP contribution in [0.3, 0.4) is 0 Å². The van der Waals surface area contributed by atoms with Crippen molar-refractivity contribution in [3.8, 4) is 0 Å². The van der Waals surface area contributed by atoms with Crippen LogP contribution in [0.1, 0.15) is 12.0 Å². The van der Waals surface area contributed by atoms with Gasteiger partial charge in [0.1, 0.15) is 0 Å². The Kier molecular flexibility index (Phi) is 3.41. The fraction of sp³-hybridized carbons (Fsp3) is 0.385. The van der Waals surface area contributed by atoms with Crippen LogP contribution in [0.5, 0.6) is 0 Å². The average molecular weight is 203 g/mol. The molecular formula is C13H17NO. The van der Waals surface area contributed by atoms with Crippen molar-refractivity contribution >= 4 is 0 Å². The maximum atomic E-state index is 5.28. The molecule has 1 aliphatic heterocycles. The molecule has 1 aliphatic rings. The third-order valence-corrected chi connectivity index (χ3v) is 2.77. The van der Waals surface area contributed by atoms with E-state index in [4.69, 9.17) is 4.74 Å². The van der Waals surface area contributed by atoms with Gasteiger partial charge in [0.15, 0.2) is 0 Å². The topological polar surface area (TPSA) is 21.3 Å². The second-order valence-corrected chi connectivity index (χ2v) is 3.87. The normalized spacial score (nSPS) is 20.9. The molecule has 0 fully saturated rings. The Morgan fingerprint density at radius 2 is 2.13 bits per heavy atom. The van der Waals surface area contributed by atoms with Gasteiger partial charge < -0.3 is 10.1 Å². The highest BCUT2D eigenvalue weighted by molar-refractivity contribution is 5.17. The van der Waals surface area contributed by atoms with Crippen molar-refractivity contribution in [3.05, 3.63) is 47.7 Å². The quantitative estimate of drug-likeness (QED) is 0.812. The highest BCUT2D eigenvalue weighted by atomic mass is 16.5. The van der Waals surface area contributed by atoms with Crippen LogP contribution in [0, 0.1) is 0 Å². The van der Waals surface area contributed by atoms with Crippen LogP contribution in [-0.4, -0.2) is 19.7 Å². The van der Waals surface area contributed by atoms with Gasteiger partial charge in [0.25, 0.3) is 0 Å². The molecule has 1 aromatic rings. The summed E-state index contributed by atoms with van der Waals surface area (Å²) in [5.74, 6) is 1.11. The summed E-state index contributed by atoms with van der Waals surface area (Å²) in [4.78, 5) is 0. The van der Waals surface area contributed by atoms with E-state index in [2.05, 4.69) is 41.7 Å². The molecule has 80 valence electrons. The molecular weight excluding hydrogens is 186 g/mol. The molecule has 2 heteroatoms. The van der Waals surface area contributed by atoms with Crippen LogP contribution in [0.2, 0.25) is 0 Å². The van der Waals surface area contributed by atoms with Crippen LogP contribution < -0.4 is 5.32 Å². The number of ether oxygens (including phenoxy) is 1. The summed E-state index contributed by atoms with van der Waals surface area (Å²) in [6.07, 6.45) is 4.18. The molecule has 0 spiro atoms. The van der Waals surface area contributed by atoms with Gasteiger partial charge in [0, 0.05) is 19.0 Å². The first-order chi connectivity index (χ1) is 7.38. The molecule has 0 radical (unpaired) electrons. The Hall–Kier alpha value is -1.28. The fourth-order valence-electron chi connectivity index (χ4n) is 1.95. The van der Waals surface area contributed by atoms with E-state index in [1.165, 1.54) is 5.56 Å². The summed E-state index contributed by atoms with van der Waals surface area (Å²) >= 11 is 0. The average Bonchev–Trinajstić information content (AvgIpc) is 2.31. The number of hydrogen-bond acceptors (Lipinski definition) is 2. The molecule has 1 N–H and O–H groups in total. The lowest BCUT2D eigenvalue weighted by atomic mass is 10.0. The van der Waals surface area contributed by atoms with Gasteiger partial charge in [-0.25, -0.2) is 0 Å². The van der Waals surface area contributed by atoms with Crippen molar-refractivity contribution in [1.29, 1.82) is 0 Å². The number of methoxy groups -OCH3 is 1. The maximum absolute atomic E-state index is 5.28. The Balaban J connectivity index is 1.94. The number of benzene rings is 1. The lowest BCUT2D eigenvalue weighted by Gasteiger charge is -2.23. The van der Waals surface area contributed by atoms with Gasteiger partial charge in [-0.3, -0.25) is 0 Å². The summed E-state index contributed by atoms with van der Waals surface area (Å²) in [5, 5.41) is 3.48. The van der Waals surface area contributed by atoms with Crippen LogP contribution in [-0.2, 0) is 11.2 Å². The number of hydrogen-bond donors (Lipinski definition) is 1. The predicted octanol–water partition coefficient (Wildman–Crippen LogP) is 2.12. The zero-order chi connectivity index (χ0) is 10.5. The predicted molar refractivity (Wildman–Crippen MR) is 61.6 cm³/mol. The second-order valence-electron chi connectivity index (χ2n) is 3.87. The zero-order valence-electron chi connectivity index (χ0n) is 9.07. The monoisotopic (exact) mass is 203 g/mol. The van der Waals surface area contributed by atoms with E-state index in [0.29, 0.717) is 6.04 Å². The molecule has 0 saturated heterocycles. The van der Waals surface area contributed by atoms with E-state index in [0.717, 1.165) is 25.1 Å². The Bertz CT molecular complexity index is 332. The van der Waals surface area contributed by atoms with Crippen LogP contribution in [0.15, 0.2) is 42.2 Å². The third-order valence-electron chi connectivity index (χ3n) is 2.77. The molecule has 15 heavy (non-hydrogen) atoms. The minimum atomic E-state index is 0.507. The minimum absolute atomic E-state index is 0.507. The first-order valence-corrected chi connectivity index (χ1v) is 5.39. The molecule has 0 saturated carbocycles. The van der Waals surface area contributed by atoms with Gasteiger partial charge in [-0.2, -0.15) is 0 Å². The van der Waals surface area contributed by atoms with Crippen molar-refractivity contribution in [1.82, 2.24) is 5.32 Å². The van der Waals surface area contributed by atoms with E-state index < -0.39 is 0 Å². The summed E-state index contributed by atoms with van der Waals surface area (Å²) in [6, 6.07) is 11.1. The smallest absolute Gasteiger partial charge is 0.0944 e. The number of nitrogens with one attached hydrogen (secondary N) is 1.